The summed E-state index contributed by atoms with van der Waals surface area (Å²) in [6.45, 7) is 0. The summed E-state index contributed by atoms with van der Waals surface area (Å²) in [4.78, 5) is 0. The van der Waals surface area contributed by atoms with Crippen molar-refractivity contribution in [1.82, 2.24) is 0 Å². The van der Waals surface area contributed by atoms with E-state index in [1.54, 1.807) is 0 Å². The molecule has 3 heteroatoms. The van der Waals surface area contributed by atoms with Gasteiger partial charge >= 0.3 is 26.2 Å². The fourth-order valence-corrected chi connectivity index (χ4v) is 3.53. The predicted octanol–water partition coefficient (Wildman–Crippen LogP) is -0.246. The average molecular weight is 471 g/mol. The van der Waals surface area contributed by atoms with Crippen LogP contribution < -0.4 is 24.8 Å². The summed E-state index contributed by atoms with van der Waals surface area (Å²) in [7, 11) is 0. The second kappa shape index (κ2) is 11.5. The van der Waals surface area contributed by atoms with Crippen molar-refractivity contribution in [1.29, 1.82) is 0 Å². The maximum absolute atomic E-state index is 3.43. The largest absolute Gasteiger partial charge is 4.00 e. The maximum Gasteiger partial charge on any atom is 4.00 e. The summed E-state index contributed by atoms with van der Waals surface area (Å²) >= 11 is 0. The molecular weight excluding hydrogens is 450 g/mol. The number of halogens is 2. The average Bonchev–Trinajstić information content (AvgIpc) is 3.37. The molecule has 0 atom stereocenters. The molecule has 5 rings (SSSR count). The van der Waals surface area contributed by atoms with Gasteiger partial charge in [-0.15, -0.1) is 16.7 Å². The Balaban J connectivity index is 0.000000402. The molecule has 0 amide bonds. The number of fused-ring (bicyclic) bond motifs is 3. The maximum atomic E-state index is 3.43. The molecule has 0 unspecified atom stereocenters. The van der Waals surface area contributed by atoms with Gasteiger partial charge in [-0.1, -0.05) is 59.7 Å². The van der Waals surface area contributed by atoms with Crippen molar-refractivity contribution in [2.24, 2.45) is 5.92 Å². The number of hydrogen-bond donors (Lipinski definition) is 0. The van der Waals surface area contributed by atoms with Crippen molar-refractivity contribution >= 4 is 0 Å². The molecule has 134 valence electrons. The minimum absolute atomic E-state index is 0. The van der Waals surface area contributed by atoms with Crippen LogP contribution in [0.2, 0.25) is 0 Å². The number of rotatable bonds is 2. The van der Waals surface area contributed by atoms with Crippen LogP contribution in [-0.2, 0) is 39.0 Å². The van der Waals surface area contributed by atoms with Gasteiger partial charge in [-0.3, -0.25) is 0 Å². The fraction of sp³-hybridized carbons (Fsp3) is 0.125. The minimum Gasteiger partial charge on any atom is -1.00 e. The quantitative estimate of drug-likeness (QED) is 0.355. The van der Waals surface area contributed by atoms with E-state index in [0.29, 0.717) is 5.92 Å². The summed E-state index contributed by atoms with van der Waals surface area (Å²) < 4.78 is 0. The van der Waals surface area contributed by atoms with E-state index in [9.17, 15) is 0 Å². The SMILES string of the molecule is [Cl-].[Cl-].[Zr+4].[c-]1ccc(CC2C=CC=C2)c2c1Cc1ccccc1-2.c1cc[cH-]c1. The van der Waals surface area contributed by atoms with Crippen molar-refractivity contribution in [3.8, 4) is 11.1 Å². The molecule has 0 nitrogen and oxygen atoms in total. The van der Waals surface area contributed by atoms with Crippen LogP contribution in [0.15, 0.2) is 91.0 Å². The molecule has 2 aliphatic carbocycles. The first-order chi connectivity index (χ1) is 11.9. The van der Waals surface area contributed by atoms with E-state index in [1.165, 1.54) is 27.8 Å². The molecule has 0 heterocycles. The molecule has 27 heavy (non-hydrogen) atoms. The molecule has 0 aromatic heterocycles. The summed E-state index contributed by atoms with van der Waals surface area (Å²) in [5.41, 5.74) is 7.12. The van der Waals surface area contributed by atoms with Crippen LogP contribution in [-0.4, -0.2) is 0 Å². The summed E-state index contributed by atoms with van der Waals surface area (Å²) in [5, 5.41) is 0. The van der Waals surface area contributed by atoms with Gasteiger partial charge in [0.25, 0.3) is 0 Å². The van der Waals surface area contributed by atoms with Gasteiger partial charge in [0.05, 0.1) is 0 Å². The van der Waals surface area contributed by atoms with Crippen LogP contribution in [0.3, 0.4) is 0 Å². The molecule has 3 aromatic carbocycles. The van der Waals surface area contributed by atoms with E-state index in [4.69, 9.17) is 0 Å². The first-order valence-electron chi connectivity index (χ1n) is 8.54. The second-order valence-electron chi connectivity index (χ2n) is 6.29. The molecule has 0 N–H and O–H groups in total. The third-order valence-electron chi connectivity index (χ3n) is 4.66. The molecule has 0 aliphatic heterocycles. The third-order valence-corrected chi connectivity index (χ3v) is 4.66. The van der Waals surface area contributed by atoms with E-state index in [0.717, 1.165) is 12.8 Å². The van der Waals surface area contributed by atoms with Crippen molar-refractivity contribution in [3.05, 3.63) is 114 Å². The van der Waals surface area contributed by atoms with Gasteiger partial charge in [0.15, 0.2) is 0 Å². The Labute approximate surface area is 193 Å². The van der Waals surface area contributed by atoms with Crippen LogP contribution in [0, 0.1) is 12.0 Å². The Morgan fingerprint density at radius 1 is 0.926 bits per heavy atom. The summed E-state index contributed by atoms with van der Waals surface area (Å²) in [5.74, 6) is 0.555. The first kappa shape index (κ1) is 23.8. The van der Waals surface area contributed by atoms with Gasteiger partial charge in [0.1, 0.15) is 0 Å². The Kier molecular flexibility index (Phi) is 10.2. The zero-order valence-electron chi connectivity index (χ0n) is 14.9. The van der Waals surface area contributed by atoms with Gasteiger partial charge in [-0.05, 0) is 18.8 Å². The smallest absolute Gasteiger partial charge is 1.00 e. The van der Waals surface area contributed by atoms with Crippen LogP contribution in [0.25, 0.3) is 11.1 Å². The second-order valence-corrected chi connectivity index (χ2v) is 6.29. The van der Waals surface area contributed by atoms with Crippen LogP contribution in [0.1, 0.15) is 16.7 Å². The molecule has 0 bridgehead atoms. The Bertz CT molecular complexity index is 850. The fourth-order valence-electron chi connectivity index (χ4n) is 3.53. The van der Waals surface area contributed by atoms with Gasteiger partial charge in [-0.2, -0.15) is 36.4 Å². The number of allylic oxidation sites excluding steroid dienone is 4. The van der Waals surface area contributed by atoms with Crippen molar-refractivity contribution in [2.45, 2.75) is 12.8 Å². The molecule has 0 saturated heterocycles. The first-order valence-corrected chi connectivity index (χ1v) is 8.54. The van der Waals surface area contributed by atoms with E-state index in [-0.39, 0.29) is 51.0 Å². The van der Waals surface area contributed by atoms with Gasteiger partial charge in [-0.25, -0.2) is 12.1 Å². The Morgan fingerprint density at radius 3 is 2.30 bits per heavy atom. The van der Waals surface area contributed by atoms with Crippen LogP contribution in [0.5, 0.6) is 0 Å². The molecular formula is C24H20Cl2Zr. The molecule has 3 aromatic rings. The van der Waals surface area contributed by atoms with Gasteiger partial charge < -0.3 is 24.8 Å². The normalized spacial score (nSPS) is 12.6. The minimum atomic E-state index is 0. The zero-order chi connectivity index (χ0) is 16.2. The van der Waals surface area contributed by atoms with Crippen molar-refractivity contribution in [2.75, 3.05) is 0 Å². The number of benzene rings is 2. The summed E-state index contributed by atoms with van der Waals surface area (Å²) in [6, 6.07) is 26.5. The Hall–Kier alpha value is -1.27. The van der Waals surface area contributed by atoms with E-state index >= 15 is 0 Å². The van der Waals surface area contributed by atoms with Crippen LogP contribution >= 0.6 is 0 Å². The van der Waals surface area contributed by atoms with E-state index in [2.05, 4.69) is 66.8 Å². The Morgan fingerprint density at radius 2 is 1.63 bits per heavy atom. The van der Waals surface area contributed by atoms with Crippen LogP contribution in [0.4, 0.5) is 0 Å². The van der Waals surface area contributed by atoms with Crippen molar-refractivity contribution < 1.29 is 51.0 Å². The number of hydrogen-bond acceptors (Lipinski definition) is 0. The van der Waals surface area contributed by atoms with E-state index in [1.807, 2.05) is 30.3 Å². The van der Waals surface area contributed by atoms with Gasteiger partial charge in [0.2, 0.25) is 0 Å². The molecule has 0 spiro atoms. The van der Waals surface area contributed by atoms with Crippen molar-refractivity contribution in [3.63, 3.8) is 0 Å². The third kappa shape index (κ3) is 5.61. The molecule has 0 fully saturated rings. The van der Waals surface area contributed by atoms with Gasteiger partial charge in [0, 0.05) is 0 Å². The zero-order valence-corrected chi connectivity index (χ0v) is 18.9. The monoisotopic (exact) mass is 468 g/mol. The predicted molar refractivity (Wildman–Crippen MR) is 101 cm³/mol. The molecule has 2 aliphatic rings. The topological polar surface area (TPSA) is 0 Å². The summed E-state index contributed by atoms with van der Waals surface area (Å²) in [6.07, 6.45) is 11.0. The molecule has 0 radical (unpaired) electrons. The van der Waals surface area contributed by atoms with E-state index < -0.39 is 0 Å². The molecule has 0 saturated carbocycles. The standard InChI is InChI=1S/C19H15.C5H5.2ClH.Zr/c1-2-7-14(6-1)12-16-9-5-10-17-13-15-8-3-4-11-18(15)19(16)17;1-2-4-5-3-1;;;/h1-9,11,14H,12-13H2;1-5H;2*1H;/q2*-1;;;+4/p-2.